The molecule has 1 aromatic heterocycles. The number of carbonyl (C=O) groups is 1. The fourth-order valence-electron chi connectivity index (χ4n) is 4.14. The standard InChI is InChI=1S/C16H18N2O3/c19-16(20)14-9-5-6-10(7-9)15(14)17-8-13-18-11-3-1-2-4-12(11)21-13/h1-4,9-10,14-15,17H,5-8H2,(H,19,20). The highest BCUT2D eigenvalue weighted by molar-refractivity contribution is 5.72. The summed E-state index contributed by atoms with van der Waals surface area (Å²) in [6, 6.07) is 7.71. The van der Waals surface area contributed by atoms with Gasteiger partial charge < -0.3 is 14.8 Å². The summed E-state index contributed by atoms with van der Waals surface area (Å²) in [4.78, 5) is 15.9. The quantitative estimate of drug-likeness (QED) is 0.902. The number of oxazole rings is 1. The zero-order valence-corrected chi connectivity index (χ0v) is 11.7. The SMILES string of the molecule is O=C(O)C1C2CCC(C2)C1NCc1nc2ccccc2o1. The number of benzene rings is 1. The predicted octanol–water partition coefficient (Wildman–Crippen LogP) is 2.42. The topological polar surface area (TPSA) is 75.4 Å². The molecule has 4 atom stereocenters. The predicted molar refractivity (Wildman–Crippen MR) is 76.6 cm³/mol. The average molecular weight is 286 g/mol. The van der Waals surface area contributed by atoms with Gasteiger partial charge in [-0.05, 0) is 43.2 Å². The molecule has 21 heavy (non-hydrogen) atoms. The van der Waals surface area contributed by atoms with E-state index in [9.17, 15) is 9.90 Å². The van der Waals surface area contributed by atoms with Gasteiger partial charge in [0.1, 0.15) is 5.52 Å². The minimum absolute atomic E-state index is 0.0521. The molecule has 0 saturated heterocycles. The lowest BCUT2D eigenvalue weighted by Gasteiger charge is -2.28. The van der Waals surface area contributed by atoms with Crippen molar-refractivity contribution in [2.45, 2.75) is 31.8 Å². The fourth-order valence-corrected chi connectivity index (χ4v) is 4.14. The number of fused-ring (bicyclic) bond motifs is 3. The van der Waals surface area contributed by atoms with E-state index in [-0.39, 0.29) is 12.0 Å². The van der Waals surface area contributed by atoms with Crippen molar-refractivity contribution in [2.75, 3.05) is 0 Å². The third-order valence-corrected chi connectivity index (χ3v) is 5.03. The first-order valence-corrected chi connectivity index (χ1v) is 7.53. The molecule has 5 nitrogen and oxygen atoms in total. The van der Waals surface area contributed by atoms with Gasteiger partial charge in [-0.3, -0.25) is 4.79 Å². The van der Waals surface area contributed by atoms with E-state index in [0.717, 1.165) is 30.4 Å². The summed E-state index contributed by atoms with van der Waals surface area (Å²) in [5, 5.41) is 12.8. The molecule has 2 aromatic rings. The number of para-hydroxylation sites is 2. The normalized spacial score (nSPS) is 31.0. The summed E-state index contributed by atoms with van der Waals surface area (Å²) in [7, 11) is 0. The van der Waals surface area contributed by atoms with Gasteiger partial charge in [0.25, 0.3) is 0 Å². The molecular formula is C16H18N2O3. The second-order valence-corrected chi connectivity index (χ2v) is 6.18. The molecule has 0 spiro atoms. The number of carboxylic acid groups (broad SMARTS) is 1. The van der Waals surface area contributed by atoms with Gasteiger partial charge in [0.2, 0.25) is 5.89 Å². The van der Waals surface area contributed by atoms with Crippen LogP contribution in [0.3, 0.4) is 0 Å². The molecule has 2 bridgehead atoms. The van der Waals surface area contributed by atoms with Crippen molar-refractivity contribution in [3.63, 3.8) is 0 Å². The van der Waals surface area contributed by atoms with E-state index in [0.29, 0.717) is 24.3 Å². The van der Waals surface area contributed by atoms with Gasteiger partial charge in [-0.15, -0.1) is 0 Å². The molecule has 4 rings (SSSR count). The van der Waals surface area contributed by atoms with Crippen LogP contribution >= 0.6 is 0 Å². The van der Waals surface area contributed by atoms with Crippen LogP contribution in [-0.4, -0.2) is 22.1 Å². The Bertz CT molecular complexity index is 648. The molecule has 5 heteroatoms. The van der Waals surface area contributed by atoms with Crippen LogP contribution in [0.15, 0.2) is 28.7 Å². The Kier molecular flexibility index (Phi) is 2.96. The smallest absolute Gasteiger partial charge is 0.308 e. The Labute approximate surface area is 122 Å². The Morgan fingerprint density at radius 2 is 2.14 bits per heavy atom. The van der Waals surface area contributed by atoms with Gasteiger partial charge in [0.15, 0.2) is 5.58 Å². The summed E-state index contributed by atoms with van der Waals surface area (Å²) < 4.78 is 5.68. The molecule has 2 N–H and O–H groups in total. The summed E-state index contributed by atoms with van der Waals surface area (Å²) >= 11 is 0. The maximum atomic E-state index is 11.5. The Balaban J connectivity index is 1.49. The molecule has 4 unspecified atom stereocenters. The highest BCUT2D eigenvalue weighted by Crippen LogP contribution is 2.48. The van der Waals surface area contributed by atoms with Crippen molar-refractivity contribution in [3.05, 3.63) is 30.2 Å². The van der Waals surface area contributed by atoms with Gasteiger partial charge in [-0.25, -0.2) is 4.98 Å². The highest BCUT2D eigenvalue weighted by Gasteiger charge is 2.50. The maximum absolute atomic E-state index is 11.5. The Morgan fingerprint density at radius 1 is 1.33 bits per heavy atom. The molecule has 2 saturated carbocycles. The van der Waals surface area contributed by atoms with Crippen LogP contribution in [0.1, 0.15) is 25.2 Å². The van der Waals surface area contributed by atoms with Crippen LogP contribution in [0.5, 0.6) is 0 Å². The average Bonchev–Trinajstić information content (AvgIpc) is 3.17. The first kappa shape index (κ1) is 12.8. The van der Waals surface area contributed by atoms with Crippen molar-refractivity contribution in [2.24, 2.45) is 17.8 Å². The molecule has 110 valence electrons. The van der Waals surface area contributed by atoms with Crippen LogP contribution in [-0.2, 0) is 11.3 Å². The molecule has 2 aliphatic rings. The molecule has 2 fully saturated rings. The number of hydrogen-bond acceptors (Lipinski definition) is 4. The lowest BCUT2D eigenvalue weighted by Crippen LogP contribution is -2.43. The van der Waals surface area contributed by atoms with Crippen molar-refractivity contribution in [1.29, 1.82) is 0 Å². The van der Waals surface area contributed by atoms with E-state index in [1.54, 1.807) is 0 Å². The van der Waals surface area contributed by atoms with Crippen molar-refractivity contribution < 1.29 is 14.3 Å². The number of aliphatic carboxylic acids is 1. The van der Waals surface area contributed by atoms with Crippen LogP contribution in [0, 0.1) is 17.8 Å². The summed E-state index contributed by atoms with van der Waals surface area (Å²) in [5.41, 5.74) is 1.62. The van der Waals surface area contributed by atoms with E-state index < -0.39 is 5.97 Å². The molecule has 2 aliphatic carbocycles. The lowest BCUT2D eigenvalue weighted by atomic mass is 9.84. The van der Waals surface area contributed by atoms with Crippen molar-refractivity contribution in [3.8, 4) is 0 Å². The Hall–Kier alpha value is -1.88. The number of carboxylic acids is 1. The highest BCUT2D eigenvalue weighted by atomic mass is 16.4. The number of aromatic nitrogens is 1. The van der Waals surface area contributed by atoms with Crippen LogP contribution in [0.25, 0.3) is 11.1 Å². The maximum Gasteiger partial charge on any atom is 0.308 e. The fraction of sp³-hybridized carbons (Fsp3) is 0.500. The number of hydrogen-bond donors (Lipinski definition) is 2. The first-order valence-electron chi connectivity index (χ1n) is 7.53. The van der Waals surface area contributed by atoms with E-state index in [1.807, 2.05) is 24.3 Å². The minimum Gasteiger partial charge on any atom is -0.481 e. The van der Waals surface area contributed by atoms with Gasteiger partial charge >= 0.3 is 5.97 Å². The van der Waals surface area contributed by atoms with Crippen molar-refractivity contribution >= 4 is 17.1 Å². The third kappa shape index (κ3) is 2.12. The van der Waals surface area contributed by atoms with Crippen LogP contribution in [0.2, 0.25) is 0 Å². The van der Waals surface area contributed by atoms with Crippen LogP contribution in [0.4, 0.5) is 0 Å². The van der Waals surface area contributed by atoms with Gasteiger partial charge in [0, 0.05) is 6.04 Å². The van der Waals surface area contributed by atoms with E-state index in [4.69, 9.17) is 4.42 Å². The summed E-state index contributed by atoms with van der Waals surface area (Å²) in [5.74, 6) is 0.530. The number of nitrogens with one attached hydrogen (secondary N) is 1. The zero-order valence-electron chi connectivity index (χ0n) is 11.7. The first-order chi connectivity index (χ1) is 10.2. The van der Waals surface area contributed by atoms with E-state index in [1.165, 1.54) is 0 Å². The molecular weight excluding hydrogens is 268 g/mol. The lowest BCUT2D eigenvalue weighted by molar-refractivity contribution is -0.144. The molecule has 1 aromatic carbocycles. The van der Waals surface area contributed by atoms with Gasteiger partial charge in [-0.1, -0.05) is 12.1 Å². The van der Waals surface area contributed by atoms with Gasteiger partial charge in [0.05, 0.1) is 12.5 Å². The van der Waals surface area contributed by atoms with Gasteiger partial charge in [-0.2, -0.15) is 0 Å². The number of nitrogens with zero attached hydrogens (tertiary/aromatic N) is 1. The second kappa shape index (κ2) is 4.84. The molecule has 0 amide bonds. The summed E-state index contributed by atoms with van der Waals surface area (Å²) in [6.45, 7) is 0.492. The van der Waals surface area contributed by atoms with Crippen LogP contribution < -0.4 is 5.32 Å². The number of rotatable bonds is 4. The Morgan fingerprint density at radius 3 is 2.95 bits per heavy atom. The monoisotopic (exact) mass is 286 g/mol. The summed E-state index contributed by atoms with van der Waals surface area (Å²) in [6.07, 6.45) is 3.24. The molecule has 0 radical (unpaired) electrons. The van der Waals surface area contributed by atoms with Crippen molar-refractivity contribution in [1.82, 2.24) is 10.3 Å². The third-order valence-electron chi connectivity index (χ3n) is 5.03. The molecule has 1 heterocycles. The minimum atomic E-state index is -0.669. The largest absolute Gasteiger partial charge is 0.481 e. The molecule has 0 aliphatic heterocycles. The van der Waals surface area contributed by atoms with E-state index in [2.05, 4.69) is 10.3 Å². The van der Waals surface area contributed by atoms with E-state index >= 15 is 0 Å². The zero-order chi connectivity index (χ0) is 14.4. The second-order valence-electron chi connectivity index (χ2n) is 6.18.